The minimum Gasteiger partial charge on any atom is -0.474 e. The van der Waals surface area contributed by atoms with Gasteiger partial charge in [-0.2, -0.15) is 0 Å². The Balaban J connectivity index is 1.59. The van der Waals surface area contributed by atoms with Gasteiger partial charge in [0, 0.05) is 49.2 Å². The first kappa shape index (κ1) is 22.6. The van der Waals surface area contributed by atoms with E-state index in [1.165, 1.54) is 0 Å². The van der Waals surface area contributed by atoms with Crippen molar-refractivity contribution in [2.45, 2.75) is 45.3 Å². The second-order valence-electron chi connectivity index (χ2n) is 8.50. The van der Waals surface area contributed by atoms with Gasteiger partial charge in [0.1, 0.15) is 11.4 Å². The molecule has 4 heterocycles. The van der Waals surface area contributed by atoms with Crippen molar-refractivity contribution in [3.8, 4) is 17.3 Å². The van der Waals surface area contributed by atoms with Crippen LogP contribution in [0, 0.1) is 0 Å². The Morgan fingerprint density at radius 2 is 2.00 bits per heavy atom. The van der Waals surface area contributed by atoms with Gasteiger partial charge in [0.15, 0.2) is 5.78 Å². The maximum Gasteiger partial charge on any atom is 0.233 e. The minimum absolute atomic E-state index is 0.0332. The number of nitrogen functional groups attached to an aromatic ring is 1. The standard InChI is InChI=1S/C24H29N7O2/c1-15(2)33-23-13-28-12-20(29-23)19-6-5-18(26)24(30-19)22(32)10-16-11-27-8-7-21(16)31-9-3-4-17(25)14-31/h5-8,11-13,15,17H,3-4,9-10,14,25-26H2,1-2H3/t17-/m0/s1. The number of ether oxygens (including phenoxy) is 1. The third-order valence-corrected chi connectivity index (χ3v) is 5.45. The van der Waals surface area contributed by atoms with Gasteiger partial charge in [0.05, 0.1) is 29.9 Å². The fraction of sp³-hybridized carbons (Fsp3) is 0.375. The number of carbonyl (C=O) groups is 1. The van der Waals surface area contributed by atoms with Crippen LogP contribution in [0.15, 0.2) is 43.0 Å². The van der Waals surface area contributed by atoms with Gasteiger partial charge < -0.3 is 21.1 Å². The molecule has 1 aliphatic heterocycles. The Morgan fingerprint density at radius 1 is 1.15 bits per heavy atom. The monoisotopic (exact) mass is 447 g/mol. The molecule has 1 fully saturated rings. The zero-order chi connectivity index (χ0) is 23.4. The summed E-state index contributed by atoms with van der Waals surface area (Å²) in [6, 6.07) is 5.45. The van der Waals surface area contributed by atoms with Crippen molar-refractivity contribution in [2.24, 2.45) is 5.73 Å². The number of pyridine rings is 2. The highest BCUT2D eigenvalue weighted by Gasteiger charge is 2.22. The molecule has 4 rings (SSSR count). The third-order valence-electron chi connectivity index (χ3n) is 5.45. The van der Waals surface area contributed by atoms with Crippen molar-refractivity contribution in [1.29, 1.82) is 0 Å². The molecule has 4 N–H and O–H groups in total. The number of hydrogen-bond acceptors (Lipinski definition) is 9. The highest BCUT2D eigenvalue weighted by atomic mass is 16.5. The molecule has 3 aromatic rings. The van der Waals surface area contributed by atoms with E-state index in [-0.39, 0.29) is 30.0 Å². The molecule has 0 radical (unpaired) electrons. The lowest BCUT2D eigenvalue weighted by Gasteiger charge is -2.33. The molecule has 172 valence electrons. The first-order valence-corrected chi connectivity index (χ1v) is 11.1. The van der Waals surface area contributed by atoms with Crippen molar-refractivity contribution >= 4 is 17.2 Å². The van der Waals surface area contributed by atoms with Crippen LogP contribution in [0.3, 0.4) is 0 Å². The van der Waals surface area contributed by atoms with E-state index in [0.717, 1.165) is 37.2 Å². The maximum absolute atomic E-state index is 13.3. The fourth-order valence-corrected chi connectivity index (χ4v) is 3.96. The van der Waals surface area contributed by atoms with Crippen LogP contribution in [-0.4, -0.2) is 51.0 Å². The Bertz CT molecular complexity index is 1140. The molecule has 9 nitrogen and oxygen atoms in total. The van der Waals surface area contributed by atoms with Gasteiger partial charge in [-0.05, 0) is 44.9 Å². The van der Waals surface area contributed by atoms with Gasteiger partial charge >= 0.3 is 0 Å². The van der Waals surface area contributed by atoms with E-state index in [1.807, 2.05) is 19.9 Å². The molecule has 9 heteroatoms. The van der Waals surface area contributed by atoms with Crippen molar-refractivity contribution < 1.29 is 9.53 Å². The predicted octanol–water partition coefficient (Wildman–Crippen LogP) is 2.66. The van der Waals surface area contributed by atoms with Gasteiger partial charge in [-0.1, -0.05) is 0 Å². The number of Topliss-reactive ketones (excluding diaryl/α,β-unsaturated/α-hetero) is 1. The summed E-state index contributed by atoms with van der Waals surface area (Å²) in [4.78, 5) is 32.9. The van der Waals surface area contributed by atoms with E-state index in [2.05, 4.69) is 24.8 Å². The smallest absolute Gasteiger partial charge is 0.233 e. The summed E-state index contributed by atoms with van der Waals surface area (Å²) in [7, 11) is 0. The number of nitrogens with zero attached hydrogens (tertiary/aromatic N) is 5. The Morgan fingerprint density at radius 3 is 2.79 bits per heavy atom. The molecule has 0 aromatic carbocycles. The molecule has 0 spiro atoms. The average Bonchev–Trinajstić information content (AvgIpc) is 2.79. The van der Waals surface area contributed by atoms with Gasteiger partial charge in [0.2, 0.25) is 5.88 Å². The molecule has 1 saturated heterocycles. The number of carbonyl (C=O) groups excluding carboxylic acids is 1. The largest absolute Gasteiger partial charge is 0.474 e. The van der Waals surface area contributed by atoms with Crippen LogP contribution in [0.5, 0.6) is 5.88 Å². The first-order valence-electron chi connectivity index (χ1n) is 11.1. The summed E-state index contributed by atoms with van der Waals surface area (Å²) < 4.78 is 5.62. The lowest BCUT2D eigenvalue weighted by molar-refractivity contribution is 0.0989. The zero-order valence-corrected chi connectivity index (χ0v) is 18.9. The summed E-state index contributed by atoms with van der Waals surface area (Å²) in [5.41, 5.74) is 15.6. The van der Waals surface area contributed by atoms with Gasteiger partial charge in [-0.25, -0.2) is 9.97 Å². The van der Waals surface area contributed by atoms with Gasteiger partial charge in [0.25, 0.3) is 0 Å². The highest BCUT2D eigenvalue weighted by Crippen LogP contribution is 2.26. The van der Waals surface area contributed by atoms with E-state index in [9.17, 15) is 4.79 Å². The van der Waals surface area contributed by atoms with E-state index in [4.69, 9.17) is 16.2 Å². The SMILES string of the molecule is CC(C)Oc1cncc(-c2ccc(N)c(C(=O)Cc3cnccc3N3CCC[C@H](N)C3)n2)n1. The van der Waals surface area contributed by atoms with Crippen LogP contribution in [0.25, 0.3) is 11.4 Å². The Kier molecular flexibility index (Phi) is 6.79. The van der Waals surface area contributed by atoms with Crippen LogP contribution in [0.1, 0.15) is 42.7 Å². The molecule has 33 heavy (non-hydrogen) atoms. The van der Waals surface area contributed by atoms with Crippen LogP contribution in [0.2, 0.25) is 0 Å². The lowest BCUT2D eigenvalue weighted by atomic mass is 10.0. The molecule has 0 saturated carbocycles. The second-order valence-corrected chi connectivity index (χ2v) is 8.50. The molecule has 1 aliphatic rings. The summed E-state index contributed by atoms with van der Waals surface area (Å²) >= 11 is 0. The molecule has 0 bridgehead atoms. The third kappa shape index (κ3) is 5.43. The predicted molar refractivity (Wildman–Crippen MR) is 127 cm³/mol. The number of hydrogen-bond donors (Lipinski definition) is 2. The van der Waals surface area contributed by atoms with Crippen LogP contribution < -0.4 is 21.1 Å². The van der Waals surface area contributed by atoms with Crippen molar-refractivity contribution in [3.63, 3.8) is 0 Å². The summed E-state index contributed by atoms with van der Waals surface area (Å²) in [6.07, 6.45) is 8.73. The molecule has 3 aromatic heterocycles. The zero-order valence-electron chi connectivity index (χ0n) is 18.9. The molecule has 0 unspecified atom stereocenters. The van der Waals surface area contributed by atoms with E-state index >= 15 is 0 Å². The van der Waals surface area contributed by atoms with E-state index in [1.54, 1.807) is 36.9 Å². The Labute approximate surface area is 193 Å². The van der Waals surface area contributed by atoms with Gasteiger partial charge in [-0.3, -0.25) is 14.8 Å². The lowest BCUT2D eigenvalue weighted by Crippen LogP contribution is -2.43. The van der Waals surface area contributed by atoms with Crippen LogP contribution in [0.4, 0.5) is 11.4 Å². The van der Waals surface area contributed by atoms with Crippen LogP contribution in [-0.2, 0) is 6.42 Å². The topological polar surface area (TPSA) is 133 Å². The molecular weight excluding hydrogens is 418 g/mol. The fourth-order valence-electron chi connectivity index (χ4n) is 3.96. The average molecular weight is 448 g/mol. The maximum atomic E-state index is 13.3. The summed E-state index contributed by atoms with van der Waals surface area (Å²) in [5, 5.41) is 0. The first-order chi connectivity index (χ1) is 15.9. The number of nitrogens with two attached hydrogens (primary N) is 2. The molecular formula is C24H29N7O2. The van der Waals surface area contributed by atoms with Crippen molar-refractivity contribution in [2.75, 3.05) is 23.7 Å². The summed E-state index contributed by atoms with van der Waals surface area (Å²) in [6.45, 7) is 5.49. The molecule has 0 aliphatic carbocycles. The molecule has 0 amide bonds. The Hall–Kier alpha value is -3.59. The van der Waals surface area contributed by atoms with E-state index < -0.39 is 0 Å². The summed E-state index contributed by atoms with van der Waals surface area (Å²) in [5.74, 6) is 0.209. The molecule has 1 atom stereocenters. The van der Waals surface area contributed by atoms with Crippen LogP contribution >= 0.6 is 0 Å². The number of anilines is 2. The minimum atomic E-state index is -0.188. The number of rotatable bonds is 7. The van der Waals surface area contributed by atoms with E-state index in [0.29, 0.717) is 23.0 Å². The highest BCUT2D eigenvalue weighted by molar-refractivity contribution is 6.01. The quantitative estimate of drug-likeness (QED) is 0.524. The number of ketones is 1. The number of aromatic nitrogens is 4. The van der Waals surface area contributed by atoms with Gasteiger partial charge in [-0.15, -0.1) is 0 Å². The normalized spacial score (nSPS) is 16.1. The van der Waals surface area contributed by atoms with Crippen molar-refractivity contribution in [3.05, 3.63) is 54.2 Å². The number of piperidine rings is 1. The van der Waals surface area contributed by atoms with Crippen molar-refractivity contribution in [1.82, 2.24) is 19.9 Å². The second kappa shape index (κ2) is 9.91.